The summed E-state index contributed by atoms with van der Waals surface area (Å²) in [5, 5.41) is 0. The monoisotopic (exact) mass is 339 g/mol. The Bertz CT molecular complexity index is 533. The van der Waals surface area contributed by atoms with E-state index in [1.54, 1.807) is 12.1 Å². The summed E-state index contributed by atoms with van der Waals surface area (Å²) in [4.78, 5) is 14.7. The summed E-state index contributed by atoms with van der Waals surface area (Å²) in [5.41, 5.74) is 0.200. The largest absolute Gasteiger partial charge is 0.333 e. The first-order valence-electron chi connectivity index (χ1n) is 7.35. The molecule has 0 N–H and O–H groups in total. The smallest absolute Gasteiger partial charge is 0.257 e. The Morgan fingerprint density at radius 3 is 2.85 bits per heavy atom. The fourth-order valence-corrected chi connectivity index (χ4v) is 4.19. The number of likely N-dealkylation sites (tertiary alicyclic amines) is 1. The molecule has 0 radical (unpaired) electrons. The summed E-state index contributed by atoms with van der Waals surface area (Å²) in [6, 6.07) is 5.22. The molecule has 1 aromatic carbocycles. The highest BCUT2D eigenvalue weighted by Gasteiger charge is 2.43. The van der Waals surface area contributed by atoms with Gasteiger partial charge in [-0.2, -0.15) is 0 Å². The molecular weight excluding hydrogens is 321 g/mol. The maximum Gasteiger partial charge on any atom is 0.257 e. The fourth-order valence-electron chi connectivity index (χ4n) is 3.86. The van der Waals surface area contributed by atoms with E-state index in [2.05, 4.69) is 22.9 Å². The van der Waals surface area contributed by atoms with Crippen LogP contribution in [0.2, 0.25) is 0 Å². The molecule has 2 aliphatic rings. The summed E-state index contributed by atoms with van der Waals surface area (Å²) in [5.74, 6) is 0.0361. The van der Waals surface area contributed by atoms with Gasteiger partial charge in [-0.1, -0.05) is 28.8 Å². The van der Waals surface area contributed by atoms with Gasteiger partial charge < -0.3 is 4.90 Å². The number of carbonyl (C=O) groups excluding carboxylic acids is 1. The van der Waals surface area contributed by atoms with Gasteiger partial charge in [-0.05, 0) is 50.3 Å². The summed E-state index contributed by atoms with van der Waals surface area (Å²) in [6.07, 6.45) is 5.79. The highest BCUT2D eigenvalue weighted by molar-refractivity contribution is 9.10. The third-order valence-electron chi connectivity index (χ3n) is 4.74. The van der Waals surface area contributed by atoms with E-state index < -0.39 is 5.82 Å². The van der Waals surface area contributed by atoms with Crippen molar-refractivity contribution in [3.05, 3.63) is 34.1 Å². The van der Waals surface area contributed by atoms with Crippen molar-refractivity contribution in [2.24, 2.45) is 5.92 Å². The molecule has 0 aromatic heterocycles. The SMILES string of the molecule is CC1CC2CCCCC2N1C(=O)c1ccc(Br)cc1F. The number of fused-ring (bicyclic) bond motifs is 1. The van der Waals surface area contributed by atoms with E-state index in [9.17, 15) is 9.18 Å². The predicted octanol–water partition coefficient (Wildman–Crippen LogP) is 4.38. The average molecular weight is 340 g/mol. The van der Waals surface area contributed by atoms with E-state index in [1.165, 1.54) is 25.3 Å². The molecule has 0 bridgehead atoms. The van der Waals surface area contributed by atoms with Gasteiger partial charge in [0.05, 0.1) is 5.56 Å². The minimum Gasteiger partial charge on any atom is -0.333 e. The first kappa shape index (κ1) is 14.1. The summed E-state index contributed by atoms with van der Waals surface area (Å²) in [7, 11) is 0. The van der Waals surface area contributed by atoms with Crippen molar-refractivity contribution in [2.75, 3.05) is 0 Å². The van der Waals surface area contributed by atoms with Gasteiger partial charge in [0.2, 0.25) is 0 Å². The number of benzene rings is 1. The molecule has 2 nitrogen and oxygen atoms in total. The summed E-state index contributed by atoms with van der Waals surface area (Å²) >= 11 is 3.23. The molecule has 3 atom stereocenters. The second-order valence-electron chi connectivity index (χ2n) is 6.03. The first-order valence-corrected chi connectivity index (χ1v) is 8.15. The van der Waals surface area contributed by atoms with Gasteiger partial charge >= 0.3 is 0 Å². The van der Waals surface area contributed by atoms with Crippen LogP contribution in [0.25, 0.3) is 0 Å². The van der Waals surface area contributed by atoms with Gasteiger partial charge in [-0.25, -0.2) is 4.39 Å². The van der Waals surface area contributed by atoms with E-state index in [1.807, 2.05) is 4.90 Å². The van der Waals surface area contributed by atoms with Crippen molar-refractivity contribution >= 4 is 21.8 Å². The standard InChI is InChI=1S/C16H19BrFNO/c1-10-8-11-4-2-3-5-15(11)19(10)16(20)13-7-6-12(17)9-14(13)18/h6-7,9-11,15H,2-5,8H2,1H3. The van der Waals surface area contributed by atoms with Crippen LogP contribution in [0.15, 0.2) is 22.7 Å². The second-order valence-corrected chi connectivity index (χ2v) is 6.95. The Morgan fingerprint density at radius 2 is 2.10 bits per heavy atom. The van der Waals surface area contributed by atoms with Crippen molar-refractivity contribution < 1.29 is 9.18 Å². The molecule has 1 aromatic rings. The molecule has 4 heteroatoms. The van der Waals surface area contributed by atoms with Gasteiger partial charge in [0.25, 0.3) is 5.91 Å². The Kier molecular flexibility index (Phi) is 3.85. The van der Waals surface area contributed by atoms with Crippen LogP contribution < -0.4 is 0 Å². The van der Waals surface area contributed by atoms with Gasteiger partial charge in [0, 0.05) is 16.6 Å². The van der Waals surface area contributed by atoms with Gasteiger partial charge in [-0.15, -0.1) is 0 Å². The molecule has 1 aliphatic heterocycles. The van der Waals surface area contributed by atoms with Crippen LogP contribution in [0.1, 0.15) is 49.4 Å². The van der Waals surface area contributed by atoms with Crippen LogP contribution in [-0.4, -0.2) is 22.9 Å². The van der Waals surface area contributed by atoms with Crippen molar-refractivity contribution in [1.29, 1.82) is 0 Å². The van der Waals surface area contributed by atoms with Crippen LogP contribution in [0.5, 0.6) is 0 Å². The molecule has 1 saturated carbocycles. The molecule has 1 heterocycles. The van der Waals surface area contributed by atoms with E-state index in [4.69, 9.17) is 0 Å². The fraction of sp³-hybridized carbons (Fsp3) is 0.562. The Hall–Kier alpha value is -0.900. The van der Waals surface area contributed by atoms with Crippen LogP contribution in [0.3, 0.4) is 0 Å². The molecule has 0 spiro atoms. The number of rotatable bonds is 1. The highest BCUT2D eigenvalue weighted by atomic mass is 79.9. The molecule has 2 fully saturated rings. The third-order valence-corrected chi connectivity index (χ3v) is 5.23. The van der Waals surface area contributed by atoms with Gasteiger partial charge in [-0.3, -0.25) is 4.79 Å². The molecular formula is C16H19BrFNO. The van der Waals surface area contributed by atoms with Crippen LogP contribution in [0, 0.1) is 11.7 Å². The van der Waals surface area contributed by atoms with Gasteiger partial charge in [0.15, 0.2) is 0 Å². The van der Waals surface area contributed by atoms with E-state index in [0.29, 0.717) is 16.4 Å². The zero-order valence-corrected chi connectivity index (χ0v) is 13.2. The molecule has 108 valence electrons. The minimum absolute atomic E-state index is 0.142. The van der Waals surface area contributed by atoms with Crippen molar-refractivity contribution in [3.8, 4) is 0 Å². The molecule has 3 rings (SSSR count). The lowest BCUT2D eigenvalue weighted by molar-refractivity contribution is 0.0628. The minimum atomic E-state index is -0.434. The normalized spacial score (nSPS) is 29.4. The van der Waals surface area contributed by atoms with Crippen molar-refractivity contribution in [2.45, 2.75) is 51.1 Å². The number of amides is 1. The Labute approximate surface area is 127 Å². The lowest BCUT2D eigenvalue weighted by Gasteiger charge is -2.33. The molecule has 20 heavy (non-hydrogen) atoms. The van der Waals surface area contributed by atoms with E-state index in [-0.39, 0.29) is 17.5 Å². The Morgan fingerprint density at radius 1 is 1.35 bits per heavy atom. The Balaban J connectivity index is 1.89. The summed E-state index contributed by atoms with van der Waals surface area (Å²) in [6.45, 7) is 2.09. The first-order chi connectivity index (χ1) is 9.58. The average Bonchev–Trinajstić information content (AvgIpc) is 2.73. The van der Waals surface area contributed by atoms with Crippen LogP contribution >= 0.6 is 15.9 Å². The highest BCUT2D eigenvalue weighted by Crippen LogP contribution is 2.40. The lowest BCUT2D eigenvalue weighted by atomic mass is 9.85. The third kappa shape index (κ3) is 2.39. The topological polar surface area (TPSA) is 20.3 Å². The van der Waals surface area contributed by atoms with E-state index in [0.717, 1.165) is 12.8 Å². The zero-order chi connectivity index (χ0) is 14.3. The number of nitrogens with zero attached hydrogens (tertiary/aromatic N) is 1. The second kappa shape index (κ2) is 5.47. The zero-order valence-electron chi connectivity index (χ0n) is 11.6. The predicted molar refractivity (Wildman–Crippen MR) is 80.1 cm³/mol. The van der Waals surface area contributed by atoms with Crippen molar-refractivity contribution in [3.63, 3.8) is 0 Å². The maximum atomic E-state index is 14.0. The van der Waals surface area contributed by atoms with Gasteiger partial charge in [0.1, 0.15) is 5.82 Å². The molecule has 1 amide bonds. The number of hydrogen-bond acceptors (Lipinski definition) is 1. The quantitative estimate of drug-likeness (QED) is 0.743. The van der Waals surface area contributed by atoms with Crippen LogP contribution in [-0.2, 0) is 0 Å². The molecule has 3 unspecified atom stereocenters. The number of hydrogen-bond donors (Lipinski definition) is 0. The number of carbonyl (C=O) groups is 1. The van der Waals surface area contributed by atoms with Crippen LogP contribution in [0.4, 0.5) is 4.39 Å². The molecule has 1 aliphatic carbocycles. The van der Waals surface area contributed by atoms with Crippen molar-refractivity contribution in [1.82, 2.24) is 4.90 Å². The van der Waals surface area contributed by atoms with E-state index >= 15 is 0 Å². The lowest BCUT2D eigenvalue weighted by Crippen LogP contribution is -2.42. The molecule has 1 saturated heterocycles. The number of halogens is 2. The summed E-state index contributed by atoms with van der Waals surface area (Å²) < 4.78 is 14.7. The maximum absolute atomic E-state index is 14.0.